The van der Waals surface area contributed by atoms with Crippen LogP contribution in [0.5, 0.6) is 0 Å². The lowest BCUT2D eigenvalue weighted by atomic mass is 10.1. The van der Waals surface area contributed by atoms with E-state index in [2.05, 4.69) is 56.1 Å². The highest BCUT2D eigenvalue weighted by atomic mass is 79.9. The SMILES string of the molecule is COC(=O)c1ccc(CON=Cc2cn(Cc3ccccc3)c3ccccc23)cc1Br. The molecule has 4 aromatic rings. The van der Waals surface area contributed by atoms with Crippen LogP contribution in [-0.2, 0) is 22.7 Å². The summed E-state index contributed by atoms with van der Waals surface area (Å²) in [5, 5.41) is 5.29. The molecule has 0 aliphatic heterocycles. The number of fused-ring (bicyclic) bond motifs is 1. The number of carbonyl (C=O) groups excluding carboxylic acids is 1. The standard InChI is InChI=1S/C25H21BrN2O3/c1-30-25(29)22-12-11-19(13-23(22)26)17-31-27-14-20-16-28(15-18-7-3-2-4-8-18)24-10-6-5-9-21(20)24/h2-14,16H,15,17H2,1H3. The normalized spacial score (nSPS) is 11.2. The van der Waals surface area contributed by atoms with Crippen LogP contribution in [0.3, 0.4) is 0 Å². The van der Waals surface area contributed by atoms with Gasteiger partial charge < -0.3 is 14.1 Å². The van der Waals surface area contributed by atoms with E-state index in [9.17, 15) is 4.79 Å². The number of para-hydroxylation sites is 1. The zero-order valence-corrected chi connectivity index (χ0v) is 18.6. The number of rotatable bonds is 7. The van der Waals surface area contributed by atoms with E-state index in [0.717, 1.165) is 28.6 Å². The third-order valence-corrected chi connectivity index (χ3v) is 5.61. The van der Waals surface area contributed by atoms with E-state index < -0.39 is 0 Å². The number of ether oxygens (including phenoxy) is 1. The highest BCUT2D eigenvalue weighted by Crippen LogP contribution is 2.22. The number of hydrogen-bond acceptors (Lipinski definition) is 4. The summed E-state index contributed by atoms with van der Waals surface area (Å²) in [6, 6.07) is 24.0. The van der Waals surface area contributed by atoms with E-state index in [1.807, 2.05) is 42.5 Å². The molecular weight excluding hydrogens is 456 g/mol. The van der Waals surface area contributed by atoms with Crippen LogP contribution in [0, 0.1) is 0 Å². The Bertz CT molecular complexity index is 1230. The van der Waals surface area contributed by atoms with Crippen LogP contribution in [0.4, 0.5) is 0 Å². The first-order valence-electron chi connectivity index (χ1n) is 9.79. The summed E-state index contributed by atoms with van der Waals surface area (Å²) in [4.78, 5) is 17.2. The second-order valence-electron chi connectivity index (χ2n) is 7.03. The summed E-state index contributed by atoms with van der Waals surface area (Å²) in [6.07, 6.45) is 3.83. The number of aromatic nitrogens is 1. The first kappa shape index (κ1) is 20.9. The number of benzene rings is 3. The number of esters is 1. The van der Waals surface area contributed by atoms with E-state index >= 15 is 0 Å². The minimum absolute atomic E-state index is 0.291. The monoisotopic (exact) mass is 476 g/mol. The number of oxime groups is 1. The topological polar surface area (TPSA) is 52.8 Å². The summed E-state index contributed by atoms with van der Waals surface area (Å²) in [5.41, 5.74) is 4.75. The smallest absolute Gasteiger partial charge is 0.339 e. The molecule has 5 nitrogen and oxygen atoms in total. The number of methoxy groups -OCH3 is 1. The fraction of sp³-hybridized carbons (Fsp3) is 0.120. The Morgan fingerprint density at radius 1 is 1.03 bits per heavy atom. The Morgan fingerprint density at radius 2 is 1.81 bits per heavy atom. The molecule has 3 aromatic carbocycles. The van der Waals surface area contributed by atoms with Gasteiger partial charge in [-0.15, -0.1) is 0 Å². The molecule has 0 spiro atoms. The molecule has 6 heteroatoms. The maximum atomic E-state index is 11.7. The fourth-order valence-corrected chi connectivity index (χ4v) is 4.01. The number of halogens is 1. The molecule has 156 valence electrons. The average molecular weight is 477 g/mol. The van der Waals surface area contributed by atoms with Gasteiger partial charge in [0.25, 0.3) is 0 Å². The lowest BCUT2D eigenvalue weighted by Gasteiger charge is -2.05. The maximum Gasteiger partial charge on any atom is 0.339 e. The van der Waals surface area contributed by atoms with Crippen molar-refractivity contribution in [3.05, 3.63) is 106 Å². The van der Waals surface area contributed by atoms with Gasteiger partial charge in [-0.05, 0) is 45.3 Å². The quantitative estimate of drug-likeness (QED) is 0.192. The Labute approximate surface area is 189 Å². The first-order chi connectivity index (χ1) is 15.2. The second-order valence-corrected chi connectivity index (χ2v) is 7.88. The average Bonchev–Trinajstić information content (AvgIpc) is 3.14. The van der Waals surface area contributed by atoms with Gasteiger partial charge in [0.2, 0.25) is 0 Å². The van der Waals surface area contributed by atoms with E-state index in [0.29, 0.717) is 16.6 Å². The van der Waals surface area contributed by atoms with Gasteiger partial charge in [-0.25, -0.2) is 4.79 Å². The van der Waals surface area contributed by atoms with E-state index in [4.69, 9.17) is 9.57 Å². The minimum atomic E-state index is -0.385. The molecular formula is C25H21BrN2O3. The fourth-order valence-electron chi connectivity index (χ4n) is 3.42. The first-order valence-corrected chi connectivity index (χ1v) is 10.6. The molecule has 1 aromatic heterocycles. The van der Waals surface area contributed by atoms with Crippen molar-refractivity contribution in [2.75, 3.05) is 7.11 Å². The molecule has 31 heavy (non-hydrogen) atoms. The second kappa shape index (κ2) is 9.62. The zero-order valence-electron chi connectivity index (χ0n) is 17.0. The van der Waals surface area contributed by atoms with Gasteiger partial charge in [0.05, 0.1) is 18.9 Å². The minimum Gasteiger partial charge on any atom is -0.465 e. The largest absolute Gasteiger partial charge is 0.465 e. The molecule has 0 saturated heterocycles. The lowest BCUT2D eigenvalue weighted by molar-refractivity contribution is 0.0599. The van der Waals surface area contributed by atoms with Crippen LogP contribution in [0.2, 0.25) is 0 Å². The molecule has 0 aliphatic rings. The summed E-state index contributed by atoms with van der Waals surface area (Å²) in [7, 11) is 1.36. The molecule has 0 fully saturated rings. The van der Waals surface area contributed by atoms with Gasteiger partial charge in [-0.3, -0.25) is 0 Å². The van der Waals surface area contributed by atoms with Gasteiger partial charge >= 0.3 is 5.97 Å². The maximum absolute atomic E-state index is 11.7. The van der Waals surface area contributed by atoms with Crippen LogP contribution in [0.1, 0.15) is 27.0 Å². The molecule has 0 aliphatic carbocycles. The van der Waals surface area contributed by atoms with E-state index in [-0.39, 0.29) is 5.97 Å². The summed E-state index contributed by atoms with van der Waals surface area (Å²) < 4.78 is 7.63. The third kappa shape index (κ3) is 4.86. The third-order valence-electron chi connectivity index (χ3n) is 4.95. The van der Waals surface area contributed by atoms with Gasteiger partial charge in [0.1, 0.15) is 6.61 Å². The molecule has 0 amide bonds. The van der Waals surface area contributed by atoms with Crippen molar-refractivity contribution in [1.29, 1.82) is 0 Å². The van der Waals surface area contributed by atoms with Crippen LogP contribution in [0.25, 0.3) is 10.9 Å². The number of hydrogen-bond donors (Lipinski definition) is 0. The van der Waals surface area contributed by atoms with Gasteiger partial charge in [0.15, 0.2) is 0 Å². The van der Waals surface area contributed by atoms with Gasteiger partial charge in [-0.2, -0.15) is 0 Å². The molecule has 0 saturated carbocycles. The summed E-state index contributed by atoms with van der Waals surface area (Å²) in [5.74, 6) is -0.385. The Kier molecular flexibility index (Phi) is 6.48. The van der Waals surface area contributed by atoms with E-state index in [1.165, 1.54) is 12.7 Å². The van der Waals surface area contributed by atoms with Crippen LogP contribution in [-0.4, -0.2) is 23.9 Å². The predicted octanol–water partition coefficient (Wildman–Crippen LogP) is 5.79. The summed E-state index contributed by atoms with van der Waals surface area (Å²) >= 11 is 3.39. The molecule has 0 N–H and O–H groups in total. The van der Waals surface area contributed by atoms with Crippen LogP contribution >= 0.6 is 15.9 Å². The van der Waals surface area contributed by atoms with Gasteiger partial charge in [-0.1, -0.05) is 59.8 Å². The van der Waals surface area contributed by atoms with Crippen molar-refractivity contribution in [2.24, 2.45) is 5.16 Å². The van der Waals surface area contributed by atoms with Crippen molar-refractivity contribution in [2.45, 2.75) is 13.2 Å². The van der Waals surface area contributed by atoms with Crippen molar-refractivity contribution in [1.82, 2.24) is 4.57 Å². The van der Waals surface area contributed by atoms with Crippen molar-refractivity contribution in [3.63, 3.8) is 0 Å². The highest BCUT2D eigenvalue weighted by Gasteiger charge is 2.11. The molecule has 4 rings (SSSR count). The number of carbonyl (C=O) groups is 1. The molecule has 0 atom stereocenters. The molecule has 1 heterocycles. The molecule has 0 bridgehead atoms. The van der Waals surface area contributed by atoms with Crippen LogP contribution in [0.15, 0.2) is 88.6 Å². The Hall–Kier alpha value is -3.38. The predicted molar refractivity (Wildman–Crippen MR) is 125 cm³/mol. The Morgan fingerprint density at radius 3 is 2.58 bits per heavy atom. The van der Waals surface area contributed by atoms with Crippen molar-refractivity contribution in [3.8, 4) is 0 Å². The molecule has 0 radical (unpaired) electrons. The summed E-state index contributed by atoms with van der Waals surface area (Å²) in [6.45, 7) is 1.08. The lowest BCUT2D eigenvalue weighted by Crippen LogP contribution is -2.02. The van der Waals surface area contributed by atoms with Crippen molar-refractivity contribution < 1.29 is 14.4 Å². The van der Waals surface area contributed by atoms with Crippen molar-refractivity contribution >= 4 is 39.0 Å². The van der Waals surface area contributed by atoms with E-state index in [1.54, 1.807) is 12.3 Å². The van der Waals surface area contributed by atoms with Gasteiger partial charge in [0, 0.05) is 33.7 Å². The highest BCUT2D eigenvalue weighted by molar-refractivity contribution is 9.10. The Balaban J connectivity index is 1.47. The van der Waals surface area contributed by atoms with Crippen LogP contribution < -0.4 is 0 Å². The zero-order chi connectivity index (χ0) is 21.6. The number of nitrogens with zero attached hydrogens (tertiary/aromatic N) is 2. The molecule has 0 unspecified atom stereocenters.